The van der Waals surface area contributed by atoms with E-state index in [-0.39, 0.29) is 6.41 Å². The van der Waals surface area contributed by atoms with E-state index in [2.05, 4.69) is 32.6 Å². The van der Waals surface area contributed by atoms with Crippen molar-refractivity contribution in [3.63, 3.8) is 0 Å². The van der Waals surface area contributed by atoms with Crippen molar-refractivity contribution < 1.29 is 9.47 Å². The van der Waals surface area contributed by atoms with Gasteiger partial charge < -0.3 is 9.47 Å². The molecule has 0 aliphatic heterocycles. The third-order valence-corrected chi connectivity index (χ3v) is 2.05. The largest absolute Gasteiger partial charge is 0.340 e. The lowest BCUT2D eigenvalue weighted by atomic mass is 10.2. The van der Waals surface area contributed by atoms with Gasteiger partial charge in [0.1, 0.15) is 0 Å². The maximum atomic E-state index is 5.57. The van der Waals surface area contributed by atoms with E-state index in [0.717, 1.165) is 0 Å². The van der Waals surface area contributed by atoms with E-state index in [1.54, 1.807) is 0 Å². The van der Waals surface area contributed by atoms with E-state index in [9.17, 15) is 0 Å². The molecular weight excluding hydrogens is 178 g/mol. The van der Waals surface area contributed by atoms with Gasteiger partial charge in [0.05, 0.1) is 0 Å². The minimum absolute atomic E-state index is 0.204. The summed E-state index contributed by atoms with van der Waals surface area (Å²) >= 11 is 0. The predicted octanol–water partition coefficient (Wildman–Crippen LogP) is 2.46. The van der Waals surface area contributed by atoms with Gasteiger partial charge >= 0.3 is 0 Å². The summed E-state index contributed by atoms with van der Waals surface area (Å²) in [5.74, 6) is 0. The molecule has 3 heteroatoms. The Kier molecular flexibility index (Phi) is 7.15. The van der Waals surface area contributed by atoms with Crippen LogP contribution in [0.15, 0.2) is 0 Å². The maximum absolute atomic E-state index is 5.57. The first-order valence-corrected chi connectivity index (χ1v) is 5.55. The first kappa shape index (κ1) is 13.9. The molecule has 0 aromatic heterocycles. The highest BCUT2D eigenvalue weighted by atomic mass is 16.7. The van der Waals surface area contributed by atoms with Crippen molar-refractivity contribution in [2.75, 3.05) is 13.2 Å². The summed E-state index contributed by atoms with van der Waals surface area (Å²) in [6.45, 7) is 14.0. The van der Waals surface area contributed by atoms with Crippen molar-refractivity contribution in [3.8, 4) is 0 Å². The maximum Gasteiger partial charge on any atom is 0.219 e. The molecule has 0 aromatic carbocycles. The summed E-state index contributed by atoms with van der Waals surface area (Å²) in [5.41, 5.74) is 0. The average molecular weight is 203 g/mol. The lowest BCUT2D eigenvalue weighted by Gasteiger charge is -2.36. The minimum atomic E-state index is -0.204. The Bertz CT molecular complexity index is 123. The highest BCUT2D eigenvalue weighted by Crippen LogP contribution is 2.13. The van der Waals surface area contributed by atoms with E-state index >= 15 is 0 Å². The summed E-state index contributed by atoms with van der Waals surface area (Å²) in [7, 11) is 0. The molecule has 0 fully saturated rings. The van der Waals surface area contributed by atoms with Crippen LogP contribution in [0.1, 0.15) is 41.5 Å². The van der Waals surface area contributed by atoms with Crippen LogP contribution in [0.5, 0.6) is 0 Å². The van der Waals surface area contributed by atoms with Gasteiger partial charge in [-0.2, -0.15) is 0 Å². The Labute approximate surface area is 88.4 Å². The van der Waals surface area contributed by atoms with Crippen LogP contribution in [0.3, 0.4) is 0 Å². The Morgan fingerprint density at radius 3 is 1.43 bits per heavy atom. The predicted molar refractivity (Wildman–Crippen MR) is 59.2 cm³/mol. The Morgan fingerprint density at radius 1 is 0.857 bits per heavy atom. The molecule has 0 atom stereocenters. The van der Waals surface area contributed by atoms with Gasteiger partial charge in [-0.05, 0) is 41.5 Å². The van der Waals surface area contributed by atoms with E-state index in [1.165, 1.54) is 0 Å². The summed E-state index contributed by atoms with van der Waals surface area (Å²) < 4.78 is 11.1. The summed E-state index contributed by atoms with van der Waals surface area (Å²) in [4.78, 5) is 2.23. The van der Waals surface area contributed by atoms with Crippen LogP contribution in [0.25, 0.3) is 0 Å². The zero-order valence-corrected chi connectivity index (χ0v) is 10.4. The molecular formula is C11H25NO2. The molecule has 0 aromatic rings. The van der Waals surface area contributed by atoms with Crippen LogP contribution in [0.4, 0.5) is 0 Å². The third-order valence-electron chi connectivity index (χ3n) is 2.05. The normalized spacial score (nSPS) is 12.4. The highest BCUT2D eigenvalue weighted by Gasteiger charge is 2.24. The van der Waals surface area contributed by atoms with Gasteiger partial charge in [-0.15, -0.1) is 0 Å². The molecule has 0 radical (unpaired) electrons. The molecule has 0 unspecified atom stereocenters. The van der Waals surface area contributed by atoms with Gasteiger partial charge in [0.25, 0.3) is 0 Å². The van der Waals surface area contributed by atoms with Crippen LogP contribution >= 0.6 is 0 Å². The molecule has 0 aliphatic carbocycles. The van der Waals surface area contributed by atoms with Crippen molar-refractivity contribution in [2.45, 2.75) is 60.0 Å². The molecule has 14 heavy (non-hydrogen) atoms. The number of nitrogens with zero attached hydrogens (tertiary/aromatic N) is 1. The molecule has 0 amide bonds. The van der Waals surface area contributed by atoms with Crippen LogP contribution in [-0.4, -0.2) is 36.6 Å². The Balaban J connectivity index is 4.37. The smallest absolute Gasteiger partial charge is 0.219 e. The number of hydrogen-bond donors (Lipinski definition) is 0. The van der Waals surface area contributed by atoms with Gasteiger partial charge in [0.2, 0.25) is 6.41 Å². The average Bonchev–Trinajstić information content (AvgIpc) is 2.03. The zero-order chi connectivity index (χ0) is 11.1. The second-order valence-corrected chi connectivity index (χ2v) is 3.85. The van der Waals surface area contributed by atoms with Crippen molar-refractivity contribution in [3.05, 3.63) is 0 Å². The molecule has 86 valence electrons. The molecule has 0 N–H and O–H groups in total. The first-order chi connectivity index (χ1) is 6.54. The Morgan fingerprint density at radius 2 is 1.21 bits per heavy atom. The van der Waals surface area contributed by atoms with Gasteiger partial charge in [0, 0.05) is 25.3 Å². The summed E-state index contributed by atoms with van der Waals surface area (Å²) in [5, 5.41) is 0. The number of ether oxygens (including phenoxy) is 2. The first-order valence-electron chi connectivity index (χ1n) is 5.55. The van der Waals surface area contributed by atoms with Crippen molar-refractivity contribution >= 4 is 0 Å². The SMILES string of the molecule is CCOC(OCC)N(C(C)C)C(C)C. The molecule has 3 nitrogen and oxygen atoms in total. The van der Waals surface area contributed by atoms with Gasteiger partial charge in [0.15, 0.2) is 0 Å². The highest BCUT2D eigenvalue weighted by molar-refractivity contribution is 4.66. The Hall–Kier alpha value is -0.120. The van der Waals surface area contributed by atoms with E-state index in [1.807, 2.05) is 13.8 Å². The van der Waals surface area contributed by atoms with Crippen molar-refractivity contribution in [1.82, 2.24) is 4.90 Å². The monoisotopic (exact) mass is 203 g/mol. The molecule has 0 bridgehead atoms. The number of hydrogen-bond acceptors (Lipinski definition) is 3. The minimum Gasteiger partial charge on any atom is -0.340 e. The van der Waals surface area contributed by atoms with E-state index in [0.29, 0.717) is 25.3 Å². The number of rotatable bonds is 7. The van der Waals surface area contributed by atoms with Crippen LogP contribution in [-0.2, 0) is 9.47 Å². The summed E-state index contributed by atoms with van der Waals surface area (Å²) in [6.07, 6.45) is -0.204. The topological polar surface area (TPSA) is 21.7 Å². The van der Waals surface area contributed by atoms with Gasteiger partial charge in [-0.25, -0.2) is 0 Å². The van der Waals surface area contributed by atoms with Gasteiger partial charge in [-0.1, -0.05) is 0 Å². The fraction of sp³-hybridized carbons (Fsp3) is 1.00. The zero-order valence-electron chi connectivity index (χ0n) is 10.4. The lowest BCUT2D eigenvalue weighted by molar-refractivity contribution is -0.236. The van der Waals surface area contributed by atoms with Crippen LogP contribution in [0.2, 0.25) is 0 Å². The third kappa shape index (κ3) is 4.40. The quantitative estimate of drug-likeness (QED) is 0.593. The molecule has 0 saturated heterocycles. The molecule has 0 rings (SSSR count). The standard InChI is InChI=1S/C11H25NO2/c1-7-13-11(14-8-2)12(9(3)4)10(5)6/h9-11H,7-8H2,1-6H3. The van der Waals surface area contributed by atoms with Crippen LogP contribution < -0.4 is 0 Å². The van der Waals surface area contributed by atoms with Crippen molar-refractivity contribution in [2.24, 2.45) is 0 Å². The lowest BCUT2D eigenvalue weighted by Crippen LogP contribution is -2.47. The fourth-order valence-electron chi connectivity index (χ4n) is 1.59. The second-order valence-electron chi connectivity index (χ2n) is 3.85. The molecule has 0 aliphatic rings. The van der Waals surface area contributed by atoms with Crippen molar-refractivity contribution in [1.29, 1.82) is 0 Å². The van der Waals surface area contributed by atoms with E-state index in [4.69, 9.17) is 9.47 Å². The fourth-order valence-corrected chi connectivity index (χ4v) is 1.59. The van der Waals surface area contributed by atoms with E-state index < -0.39 is 0 Å². The molecule has 0 heterocycles. The van der Waals surface area contributed by atoms with Crippen LogP contribution in [0, 0.1) is 0 Å². The second kappa shape index (κ2) is 7.21. The van der Waals surface area contributed by atoms with Gasteiger partial charge in [-0.3, -0.25) is 4.90 Å². The summed E-state index contributed by atoms with van der Waals surface area (Å²) in [6, 6.07) is 0.858. The molecule has 0 saturated carbocycles. The molecule has 0 spiro atoms.